The molecular weight excluding hydrogens is 192 g/mol. The summed E-state index contributed by atoms with van der Waals surface area (Å²) >= 11 is 1.74. The molecule has 0 fully saturated rings. The van der Waals surface area contributed by atoms with Gasteiger partial charge in [-0.3, -0.25) is 0 Å². The highest BCUT2D eigenvalue weighted by Crippen LogP contribution is 2.22. The Bertz CT molecular complexity index is 281. The summed E-state index contributed by atoms with van der Waals surface area (Å²) in [6, 6.07) is 0.964. The van der Waals surface area contributed by atoms with Crippen molar-refractivity contribution in [1.29, 1.82) is 0 Å². The Morgan fingerprint density at radius 1 is 1.29 bits per heavy atom. The molecule has 0 aliphatic heterocycles. The third kappa shape index (κ3) is 2.79. The van der Waals surface area contributed by atoms with Crippen LogP contribution < -0.4 is 5.32 Å². The highest BCUT2D eigenvalue weighted by atomic mass is 32.1. The first kappa shape index (κ1) is 11.7. The second-order valence-corrected chi connectivity index (χ2v) is 5.11. The van der Waals surface area contributed by atoms with Crippen LogP contribution in [0, 0.1) is 12.8 Å². The Hall–Kier alpha value is -0.410. The Morgan fingerprint density at radius 3 is 2.36 bits per heavy atom. The average Bonchev–Trinajstić information content (AvgIpc) is 2.51. The molecule has 2 nitrogen and oxygen atoms in total. The summed E-state index contributed by atoms with van der Waals surface area (Å²) in [5.41, 5.74) is 3.08. The summed E-state index contributed by atoms with van der Waals surface area (Å²) in [7, 11) is 0. The lowest BCUT2D eigenvalue weighted by atomic mass is 10.1. The van der Waals surface area contributed by atoms with Crippen LogP contribution in [-0.4, -0.2) is 11.0 Å². The van der Waals surface area contributed by atoms with Crippen molar-refractivity contribution in [3.05, 3.63) is 16.1 Å². The highest BCUT2D eigenvalue weighted by molar-refractivity contribution is 7.09. The Labute approximate surface area is 90.8 Å². The van der Waals surface area contributed by atoms with Crippen molar-refractivity contribution < 1.29 is 0 Å². The molecule has 80 valence electrons. The van der Waals surface area contributed by atoms with Gasteiger partial charge >= 0.3 is 0 Å². The second kappa shape index (κ2) is 4.89. The zero-order valence-corrected chi connectivity index (χ0v) is 10.5. The van der Waals surface area contributed by atoms with Gasteiger partial charge in [0.15, 0.2) is 0 Å². The summed E-state index contributed by atoms with van der Waals surface area (Å²) in [5, 5.41) is 3.59. The number of hydrogen-bond donors (Lipinski definition) is 1. The van der Waals surface area contributed by atoms with Crippen LogP contribution in [0.25, 0.3) is 0 Å². The van der Waals surface area contributed by atoms with Gasteiger partial charge in [0.25, 0.3) is 0 Å². The van der Waals surface area contributed by atoms with E-state index >= 15 is 0 Å². The van der Waals surface area contributed by atoms with E-state index in [1.54, 1.807) is 11.3 Å². The van der Waals surface area contributed by atoms with Gasteiger partial charge in [0, 0.05) is 17.0 Å². The first-order valence-electron chi connectivity index (χ1n) is 5.18. The minimum Gasteiger partial charge on any atom is -0.307 e. The maximum absolute atomic E-state index is 4.27. The van der Waals surface area contributed by atoms with Gasteiger partial charge in [-0.25, -0.2) is 4.98 Å². The highest BCUT2D eigenvalue weighted by Gasteiger charge is 2.14. The fraction of sp³-hybridized carbons (Fsp3) is 0.727. The predicted octanol–water partition coefficient (Wildman–Crippen LogP) is 3.15. The molecule has 0 saturated carbocycles. The molecule has 0 amide bonds. The first-order valence-corrected chi connectivity index (χ1v) is 6.06. The van der Waals surface area contributed by atoms with Crippen LogP contribution in [0.1, 0.15) is 44.3 Å². The van der Waals surface area contributed by atoms with E-state index in [0.717, 1.165) is 5.69 Å². The van der Waals surface area contributed by atoms with Gasteiger partial charge in [-0.05, 0) is 26.7 Å². The summed E-state index contributed by atoms with van der Waals surface area (Å²) < 4.78 is 0. The van der Waals surface area contributed by atoms with Gasteiger partial charge in [0.05, 0.1) is 11.2 Å². The van der Waals surface area contributed by atoms with Crippen molar-refractivity contribution in [3.63, 3.8) is 0 Å². The monoisotopic (exact) mass is 212 g/mol. The van der Waals surface area contributed by atoms with E-state index in [9.17, 15) is 0 Å². The number of aryl methyl sites for hydroxylation is 1. The lowest BCUT2D eigenvalue weighted by molar-refractivity contribution is 0.390. The molecule has 0 saturated heterocycles. The fourth-order valence-corrected chi connectivity index (χ4v) is 2.21. The van der Waals surface area contributed by atoms with Crippen molar-refractivity contribution in [3.8, 4) is 0 Å². The number of rotatable bonds is 4. The molecule has 1 rings (SSSR count). The van der Waals surface area contributed by atoms with Gasteiger partial charge in [0.1, 0.15) is 0 Å². The van der Waals surface area contributed by atoms with Gasteiger partial charge in [-0.15, -0.1) is 11.3 Å². The molecule has 0 aromatic carbocycles. The molecule has 0 spiro atoms. The van der Waals surface area contributed by atoms with Crippen LogP contribution >= 0.6 is 11.3 Å². The van der Waals surface area contributed by atoms with E-state index in [1.807, 2.05) is 5.51 Å². The summed E-state index contributed by atoms with van der Waals surface area (Å²) in [6.07, 6.45) is 0. The second-order valence-electron chi connectivity index (χ2n) is 4.22. The zero-order chi connectivity index (χ0) is 10.7. The summed E-state index contributed by atoms with van der Waals surface area (Å²) in [5.74, 6) is 0.672. The van der Waals surface area contributed by atoms with Crippen molar-refractivity contribution in [2.75, 3.05) is 0 Å². The molecule has 2 unspecified atom stereocenters. The molecule has 1 N–H and O–H groups in total. The van der Waals surface area contributed by atoms with Crippen LogP contribution in [0.3, 0.4) is 0 Å². The minimum absolute atomic E-state index is 0.417. The lowest BCUT2D eigenvalue weighted by Gasteiger charge is -2.22. The third-order valence-electron chi connectivity index (χ3n) is 2.69. The van der Waals surface area contributed by atoms with E-state index < -0.39 is 0 Å². The number of nitrogens with one attached hydrogen (secondary N) is 1. The Morgan fingerprint density at radius 2 is 1.93 bits per heavy atom. The minimum atomic E-state index is 0.417. The fourth-order valence-electron chi connectivity index (χ4n) is 1.39. The average molecular weight is 212 g/mol. The maximum Gasteiger partial charge on any atom is 0.0798 e. The normalized spacial score (nSPS) is 15.9. The lowest BCUT2D eigenvalue weighted by Crippen LogP contribution is -2.32. The van der Waals surface area contributed by atoms with Crippen LogP contribution in [0.15, 0.2) is 5.51 Å². The standard InChI is InChI=1S/C11H20N2S/c1-7(2)8(3)13-10(5)11-9(4)12-6-14-11/h6-8,10,13H,1-5H3. The molecule has 0 radical (unpaired) electrons. The van der Waals surface area contributed by atoms with Crippen LogP contribution in [-0.2, 0) is 0 Å². The molecule has 14 heavy (non-hydrogen) atoms. The number of thiazole rings is 1. The van der Waals surface area contributed by atoms with E-state index in [4.69, 9.17) is 0 Å². The van der Waals surface area contributed by atoms with E-state index in [2.05, 4.69) is 44.9 Å². The topological polar surface area (TPSA) is 24.9 Å². The predicted molar refractivity (Wildman–Crippen MR) is 62.7 cm³/mol. The van der Waals surface area contributed by atoms with Gasteiger partial charge in [-0.2, -0.15) is 0 Å². The molecule has 3 heteroatoms. The number of aromatic nitrogens is 1. The van der Waals surface area contributed by atoms with E-state index in [-0.39, 0.29) is 0 Å². The largest absolute Gasteiger partial charge is 0.307 e. The van der Waals surface area contributed by atoms with E-state index in [1.165, 1.54) is 4.88 Å². The molecule has 1 aromatic heterocycles. The third-order valence-corrected chi connectivity index (χ3v) is 3.80. The Kier molecular flexibility index (Phi) is 4.08. The Balaban J connectivity index is 2.59. The SMILES string of the molecule is Cc1ncsc1C(C)NC(C)C(C)C. The molecule has 0 aliphatic rings. The molecule has 1 aromatic rings. The maximum atomic E-state index is 4.27. The quantitative estimate of drug-likeness (QED) is 0.829. The number of hydrogen-bond acceptors (Lipinski definition) is 3. The molecular formula is C11H20N2S. The summed E-state index contributed by atoms with van der Waals surface area (Å²) in [4.78, 5) is 5.63. The van der Waals surface area contributed by atoms with Gasteiger partial charge in [-0.1, -0.05) is 13.8 Å². The molecule has 2 atom stereocenters. The van der Waals surface area contributed by atoms with Crippen LogP contribution in [0.5, 0.6) is 0 Å². The summed E-state index contributed by atoms with van der Waals surface area (Å²) in [6.45, 7) is 11.0. The van der Waals surface area contributed by atoms with Crippen molar-refractivity contribution >= 4 is 11.3 Å². The molecule has 0 aliphatic carbocycles. The van der Waals surface area contributed by atoms with E-state index in [0.29, 0.717) is 18.0 Å². The number of nitrogens with zero attached hydrogens (tertiary/aromatic N) is 1. The van der Waals surface area contributed by atoms with Gasteiger partial charge < -0.3 is 5.32 Å². The van der Waals surface area contributed by atoms with Crippen molar-refractivity contribution in [1.82, 2.24) is 10.3 Å². The van der Waals surface area contributed by atoms with Crippen LogP contribution in [0.4, 0.5) is 0 Å². The van der Waals surface area contributed by atoms with Gasteiger partial charge in [0.2, 0.25) is 0 Å². The zero-order valence-electron chi connectivity index (χ0n) is 9.66. The van der Waals surface area contributed by atoms with Crippen molar-refractivity contribution in [2.45, 2.75) is 46.7 Å². The smallest absolute Gasteiger partial charge is 0.0798 e. The van der Waals surface area contributed by atoms with Crippen molar-refractivity contribution in [2.24, 2.45) is 5.92 Å². The first-order chi connectivity index (χ1) is 6.52. The molecule has 0 bridgehead atoms. The molecule has 1 heterocycles. The van der Waals surface area contributed by atoms with Crippen LogP contribution in [0.2, 0.25) is 0 Å².